The summed E-state index contributed by atoms with van der Waals surface area (Å²) in [5.41, 5.74) is 10.3. The second-order valence-corrected chi connectivity index (χ2v) is 19.7. The summed E-state index contributed by atoms with van der Waals surface area (Å²) in [6.07, 6.45) is 0. The summed E-state index contributed by atoms with van der Waals surface area (Å²) in [6, 6.07) is 66.4. The van der Waals surface area contributed by atoms with Crippen LogP contribution >= 0.6 is 0 Å². The van der Waals surface area contributed by atoms with E-state index in [-0.39, 0.29) is 0 Å². The van der Waals surface area contributed by atoms with Gasteiger partial charge in [-0.3, -0.25) is 0 Å². The molecule has 0 radical (unpaired) electrons. The number of rotatable bonds is 4. The molecule has 3 heteroatoms. The molecule has 0 spiro atoms. The molecule has 1 aliphatic heterocycles. The van der Waals surface area contributed by atoms with Gasteiger partial charge in [-0.2, -0.15) is 0 Å². The fourth-order valence-electron chi connectivity index (χ4n) is 9.07. The van der Waals surface area contributed by atoms with E-state index in [1.807, 2.05) is 0 Å². The molecule has 10 aromatic rings. The SMILES string of the molecule is C[Si]1(C)c2cc3ccccc3cc2-c2nc(-c3ccccc3)nc(-c3cccc(-c4cccc(-c5ccc6c7ccccc7c7ccccc7c6c5)c4)c3)c21. The van der Waals surface area contributed by atoms with Gasteiger partial charge >= 0.3 is 0 Å². The highest BCUT2D eigenvalue weighted by Crippen LogP contribution is 2.39. The van der Waals surface area contributed by atoms with Gasteiger partial charge in [0.1, 0.15) is 8.07 Å². The highest BCUT2D eigenvalue weighted by atomic mass is 28.3. The van der Waals surface area contributed by atoms with Crippen LogP contribution in [0.5, 0.6) is 0 Å². The fourth-order valence-corrected chi connectivity index (χ4v) is 12.3. The van der Waals surface area contributed by atoms with Crippen molar-refractivity contribution in [3.05, 3.63) is 182 Å². The van der Waals surface area contributed by atoms with Crippen molar-refractivity contribution in [1.82, 2.24) is 9.97 Å². The van der Waals surface area contributed by atoms with Crippen LogP contribution in [0.25, 0.3) is 99.2 Å². The maximum Gasteiger partial charge on any atom is 0.160 e. The highest BCUT2D eigenvalue weighted by molar-refractivity contribution is 7.04. The smallest absolute Gasteiger partial charge is 0.160 e. The van der Waals surface area contributed by atoms with E-state index in [1.54, 1.807) is 0 Å². The minimum absolute atomic E-state index is 0.768. The lowest BCUT2D eigenvalue weighted by Gasteiger charge is -2.22. The Kier molecular flexibility index (Phi) is 7.04. The van der Waals surface area contributed by atoms with Crippen LogP contribution in [0.3, 0.4) is 0 Å². The van der Waals surface area contributed by atoms with E-state index in [0.717, 1.165) is 28.3 Å². The quantitative estimate of drug-likeness (QED) is 0.134. The molecule has 1 aromatic heterocycles. The third kappa shape index (κ3) is 5.01. The zero-order valence-corrected chi connectivity index (χ0v) is 31.7. The minimum Gasteiger partial charge on any atom is -0.228 e. The van der Waals surface area contributed by atoms with Gasteiger partial charge in [-0.15, -0.1) is 0 Å². The van der Waals surface area contributed by atoms with Gasteiger partial charge in [-0.05, 0) is 100.0 Å². The van der Waals surface area contributed by atoms with E-state index in [0.29, 0.717) is 0 Å². The molecule has 0 atom stereocenters. The number of hydrogen-bond donors (Lipinski definition) is 0. The molecule has 0 aliphatic carbocycles. The Bertz CT molecular complexity index is 3150. The maximum absolute atomic E-state index is 5.43. The Morgan fingerprint density at radius 2 is 0.818 bits per heavy atom. The summed E-state index contributed by atoms with van der Waals surface area (Å²) in [6.45, 7) is 4.93. The Hall–Kier alpha value is -6.68. The standard InChI is InChI=1S/C52H36N2Si/c1-55(2)48-32-38-17-7-6-16-37(38)31-47(48)50-51(55)49(53-52(54-50)33-14-4-3-5-15-33)40-21-13-20-36(29-40)34-18-12-19-35(28-34)39-26-27-45-43-24-9-8-22-41(43)42-23-10-11-25-44(42)46(45)30-39/h3-32H,1-2H3. The first-order valence-electron chi connectivity index (χ1n) is 19.1. The molecule has 0 fully saturated rings. The number of benzene rings is 9. The fraction of sp³-hybridized carbons (Fsp3) is 0.0385. The van der Waals surface area contributed by atoms with Crippen molar-refractivity contribution < 1.29 is 0 Å². The van der Waals surface area contributed by atoms with Gasteiger partial charge in [0.05, 0.1) is 11.4 Å². The number of aromatic nitrogens is 2. The molecule has 2 nitrogen and oxygen atoms in total. The summed E-state index contributed by atoms with van der Waals surface area (Å²) < 4.78 is 0. The van der Waals surface area contributed by atoms with Gasteiger partial charge in [-0.1, -0.05) is 171 Å². The van der Waals surface area contributed by atoms with Crippen LogP contribution in [0.2, 0.25) is 13.1 Å². The molecule has 9 aromatic carbocycles. The average Bonchev–Trinajstić information content (AvgIpc) is 3.47. The lowest BCUT2D eigenvalue weighted by atomic mass is 9.91. The van der Waals surface area contributed by atoms with Crippen molar-refractivity contribution in [2.24, 2.45) is 0 Å². The molecule has 11 rings (SSSR count). The second-order valence-electron chi connectivity index (χ2n) is 15.4. The second kappa shape index (κ2) is 12.2. The van der Waals surface area contributed by atoms with E-state index >= 15 is 0 Å². The van der Waals surface area contributed by atoms with Crippen LogP contribution in [-0.2, 0) is 0 Å². The topological polar surface area (TPSA) is 25.8 Å². The van der Waals surface area contributed by atoms with Crippen molar-refractivity contribution >= 4 is 61.5 Å². The zero-order chi connectivity index (χ0) is 36.7. The van der Waals surface area contributed by atoms with Crippen LogP contribution in [0.15, 0.2) is 182 Å². The van der Waals surface area contributed by atoms with Gasteiger partial charge in [0.2, 0.25) is 0 Å². The Labute approximate surface area is 321 Å². The first kappa shape index (κ1) is 31.8. The van der Waals surface area contributed by atoms with Crippen LogP contribution < -0.4 is 10.4 Å². The molecular weight excluding hydrogens is 681 g/mol. The molecule has 258 valence electrons. The third-order valence-corrected chi connectivity index (χ3v) is 15.3. The Balaban J connectivity index is 1.06. The largest absolute Gasteiger partial charge is 0.228 e. The molecule has 0 bridgehead atoms. The van der Waals surface area contributed by atoms with Crippen LogP contribution in [0, 0.1) is 0 Å². The zero-order valence-electron chi connectivity index (χ0n) is 30.7. The number of fused-ring (bicyclic) bond motifs is 10. The van der Waals surface area contributed by atoms with Crippen molar-refractivity contribution in [2.75, 3.05) is 0 Å². The maximum atomic E-state index is 5.43. The highest BCUT2D eigenvalue weighted by Gasteiger charge is 2.42. The average molecular weight is 717 g/mol. The van der Waals surface area contributed by atoms with Gasteiger partial charge in [0.15, 0.2) is 5.82 Å². The van der Waals surface area contributed by atoms with E-state index in [1.165, 1.54) is 81.3 Å². The first-order chi connectivity index (χ1) is 27.0. The molecule has 0 N–H and O–H groups in total. The predicted molar refractivity (Wildman–Crippen MR) is 236 cm³/mol. The molecular formula is C52H36N2Si. The monoisotopic (exact) mass is 716 g/mol. The van der Waals surface area contributed by atoms with Gasteiger partial charge in [0.25, 0.3) is 0 Å². The van der Waals surface area contributed by atoms with E-state index in [9.17, 15) is 0 Å². The predicted octanol–water partition coefficient (Wildman–Crippen LogP) is 12.6. The first-order valence-corrected chi connectivity index (χ1v) is 22.1. The summed E-state index contributed by atoms with van der Waals surface area (Å²) in [5, 5.41) is 13.0. The van der Waals surface area contributed by atoms with Crippen molar-refractivity contribution in [1.29, 1.82) is 0 Å². The number of nitrogens with zero attached hydrogens (tertiary/aromatic N) is 2. The molecule has 2 heterocycles. The number of hydrogen-bond acceptors (Lipinski definition) is 2. The van der Waals surface area contributed by atoms with E-state index in [2.05, 4.69) is 195 Å². The van der Waals surface area contributed by atoms with E-state index in [4.69, 9.17) is 9.97 Å². The molecule has 55 heavy (non-hydrogen) atoms. The van der Waals surface area contributed by atoms with Crippen molar-refractivity contribution in [3.8, 4) is 56.2 Å². The van der Waals surface area contributed by atoms with Gasteiger partial charge < -0.3 is 0 Å². The summed E-state index contributed by atoms with van der Waals surface area (Å²) in [4.78, 5) is 10.8. The lowest BCUT2D eigenvalue weighted by molar-refractivity contribution is 1.20. The Morgan fingerprint density at radius 3 is 1.47 bits per heavy atom. The van der Waals surface area contributed by atoms with Crippen molar-refractivity contribution in [2.45, 2.75) is 13.1 Å². The third-order valence-electron chi connectivity index (χ3n) is 11.8. The molecule has 0 amide bonds. The van der Waals surface area contributed by atoms with Gasteiger partial charge in [0, 0.05) is 16.7 Å². The normalized spacial score (nSPS) is 13.1. The summed E-state index contributed by atoms with van der Waals surface area (Å²) in [5.74, 6) is 0.768. The van der Waals surface area contributed by atoms with Crippen LogP contribution in [0.4, 0.5) is 0 Å². The van der Waals surface area contributed by atoms with Crippen molar-refractivity contribution in [3.63, 3.8) is 0 Å². The van der Waals surface area contributed by atoms with Gasteiger partial charge in [-0.25, -0.2) is 9.97 Å². The molecule has 0 unspecified atom stereocenters. The summed E-state index contributed by atoms with van der Waals surface area (Å²) >= 11 is 0. The summed E-state index contributed by atoms with van der Waals surface area (Å²) in [7, 11) is -2.18. The molecule has 0 saturated carbocycles. The minimum atomic E-state index is -2.18. The van der Waals surface area contributed by atoms with Crippen LogP contribution in [-0.4, -0.2) is 18.0 Å². The molecule has 0 saturated heterocycles. The Morgan fingerprint density at radius 1 is 0.345 bits per heavy atom. The lowest BCUT2D eigenvalue weighted by Crippen LogP contribution is -2.50. The van der Waals surface area contributed by atoms with Crippen LogP contribution in [0.1, 0.15) is 0 Å². The van der Waals surface area contributed by atoms with E-state index < -0.39 is 8.07 Å². The molecule has 1 aliphatic rings.